The summed E-state index contributed by atoms with van der Waals surface area (Å²) >= 11 is 0. The quantitative estimate of drug-likeness (QED) is 0.462. The first-order valence-electron chi connectivity index (χ1n) is 7.25. The predicted molar refractivity (Wildman–Crippen MR) is 74.9 cm³/mol. The highest BCUT2D eigenvalue weighted by molar-refractivity contribution is 5.04. The molecule has 0 amide bonds. The van der Waals surface area contributed by atoms with Crippen molar-refractivity contribution in [2.75, 3.05) is 0 Å². The highest BCUT2D eigenvalue weighted by atomic mass is 16.3. The van der Waals surface area contributed by atoms with Crippen LogP contribution in [0.5, 0.6) is 0 Å². The van der Waals surface area contributed by atoms with Gasteiger partial charge in [-0.2, -0.15) is 0 Å². The summed E-state index contributed by atoms with van der Waals surface area (Å²) in [5.74, 6) is 2.06. The van der Waals surface area contributed by atoms with Gasteiger partial charge in [0.2, 0.25) is 0 Å². The number of unbranched alkanes of at least 4 members (excludes halogenated alkanes) is 2. The highest BCUT2D eigenvalue weighted by Crippen LogP contribution is 2.45. The molecule has 0 aromatic carbocycles. The number of rotatable bonds is 9. The number of allylic oxidation sites excluding steroid dienone is 3. The van der Waals surface area contributed by atoms with Crippen molar-refractivity contribution < 1.29 is 5.11 Å². The van der Waals surface area contributed by atoms with Crippen molar-refractivity contribution in [1.82, 2.24) is 0 Å². The summed E-state index contributed by atoms with van der Waals surface area (Å²) in [6, 6.07) is 0. The lowest BCUT2D eigenvalue weighted by Crippen LogP contribution is -1.90. The molecule has 98 valence electrons. The van der Waals surface area contributed by atoms with E-state index >= 15 is 0 Å². The van der Waals surface area contributed by atoms with Gasteiger partial charge in [0.25, 0.3) is 0 Å². The largest absolute Gasteiger partial charge is 0.389 e. The van der Waals surface area contributed by atoms with E-state index in [9.17, 15) is 0 Å². The van der Waals surface area contributed by atoms with Gasteiger partial charge >= 0.3 is 0 Å². The molecule has 1 saturated carbocycles. The third kappa shape index (κ3) is 7.38. The van der Waals surface area contributed by atoms with Gasteiger partial charge in [-0.3, -0.25) is 0 Å². The molecular weight excluding hydrogens is 208 g/mol. The van der Waals surface area contributed by atoms with Gasteiger partial charge in [0.05, 0.1) is 6.10 Å². The summed E-state index contributed by atoms with van der Waals surface area (Å²) in [6.45, 7) is 4.05. The molecule has 1 N–H and O–H groups in total. The van der Waals surface area contributed by atoms with Crippen LogP contribution in [0.4, 0.5) is 0 Å². The Bertz CT molecular complexity index is 240. The van der Waals surface area contributed by atoms with Crippen molar-refractivity contribution in [1.29, 1.82) is 0 Å². The fourth-order valence-corrected chi connectivity index (χ4v) is 2.38. The zero-order valence-corrected chi connectivity index (χ0v) is 11.4. The summed E-state index contributed by atoms with van der Waals surface area (Å²) in [5, 5.41) is 9.02. The van der Waals surface area contributed by atoms with Crippen molar-refractivity contribution in [2.24, 2.45) is 11.8 Å². The highest BCUT2D eigenvalue weighted by Gasteiger charge is 2.34. The third-order valence-corrected chi connectivity index (χ3v) is 3.59. The van der Waals surface area contributed by atoms with Crippen LogP contribution in [0.3, 0.4) is 0 Å². The number of aliphatic hydroxyl groups is 1. The van der Waals surface area contributed by atoms with Crippen LogP contribution < -0.4 is 0 Å². The van der Waals surface area contributed by atoms with Gasteiger partial charge in [0, 0.05) is 0 Å². The molecule has 1 heteroatoms. The van der Waals surface area contributed by atoms with E-state index in [4.69, 9.17) is 5.11 Å². The minimum Gasteiger partial charge on any atom is -0.389 e. The second-order valence-corrected chi connectivity index (χ2v) is 5.38. The fourth-order valence-electron chi connectivity index (χ4n) is 2.38. The van der Waals surface area contributed by atoms with E-state index in [1.807, 2.05) is 6.08 Å². The lowest BCUT2D eigenvalue weighted by molar-refractivity contribution is 0.244. The van der Waals surface area contributed by atoms with Crippen LogP contribution in [-0.4, -0.2) is 11.2 Å². The molecule has 0 aliphatic heterocycles. The van der Waals surface area contributed by atoms with Gasteiger partial charge in [-0.25, -0.2) is 0 Å². The van der Waals surface area contributed by atoms with E-state index in [0.717, 1.165) is 11.8 Å². The Morgan fingerprint density at radius 2 is 1.94 bits per heavy atom. The SMILES string of the molecule is CCCCC[C@@H]1C[C@@H]1CC/C=C\C=C\[C@H](C)O. The van der Waals surface area contributed by atoms with Gasteiger partial charge in [0.15, 0.2) is 0 Å². The average molecular weight is 236 g/mol. The second kappa shape index (κ2) is 8.52. The topological polar surface area (TPSA) is 20.2 Å². The molecule has 1 aliphatic carbocycles. The number of hydrogen-bond donors (Lipinski definition) is 1. The molecule has 0 unspecified atom stereocenters. The van der Waals surface area contributed by atoms with E-state index in [0.29, 0.717) is 0 Å². The molecule has 1 rings (SSSR count). The van der Waals surface area contributed by atoms with Crippen LogP contribution in [-0.2, 0) is 0 Å². The Balaban J connectivity index is 1.95. The van der Waals surface area contributed by atoms with Gasteiger partial charge in [-0.1, -0.05) is 56.9 Å². The monoisotopic (exact) mass is 236 g/mol. The minimum absolute atomic E-state index is 0.328. The smallest absolute Gasteiger partial charge is 0.0695 e. The molecule has 0 radical (unpaired) electrons. The summed E-state index contributed by atoms with van der Waals surface area (Å²) < 4.78 is 0. The molecule has 0 aromatic heterocycles. The molecule has 1 nitrogen and oxygen atoms in total. The van der Waals surface area contributed by atoms with Gasteiger partial charge in [0.1, 0.15) is 0 Å². The van der Waals surface area contributed by atoms with Crippen molar-refractivity contribution in [3.8, 4) is 0 Å². The number of aliphatic hydroxyl groups excluding tert-OH is 1. The van der Waals surface area contributed by atoms with Crippen LogP contribution in [0.2, 0.25) is 0 Å². The predicted octanol–water partition coefficient (Wildman–Crippen LogP) is 4.48. The minimum atomic E-state index is -0.328. The van der Waals surface area contributed by atoms with Crippen LogP contribution in [0.25, 0.3) is 0 Å². The van der Waals surface area contributed by atoms with Crippen molar-refractivity contribution >= 4 is 0 Å². The van der Waals surface area contributed by atoms with E-state index in [-0.39, 0.29) is 6.10 Å². The van der Waals surface area contributed by atoms with E-state index in [1.54, 1.807) is 13.0 Å². The molecule has 0 heterocycles. The van der Waals surface area contributed by atoms with E-state index < -0.39 is 0 Å². The average Bonchev–Trinajstić information content (AvgIpc) is 3.02. The van der Waals surface area contributed by atoms with Gasteiger partial charge in [-0.05, 0) is 38.0 Å². The first-order valence-corrected chi connectivity index (χ1v) is 7.25. The first kappa shape index (κ1) is 14.5. The lowest BCUT2D eigenvalue weighted by Gasteiger charge is -1.98. The molecule has 0 saturated heterocycles. The second-order valence-electron chi connectivity index (χ2n) is 5.38. The number of hydrogen-bond acceptors (Lipinski definition) is 1. The third-order valence-electron chi connectivity index (χ3n) is 3.59. The summed E-state index contributed by atoms with van der Waals surface area (Å²) in [6.07, 6.45) is 17.4. The van der Waals surface area contributed by atoms with Crippen molar-refractivity contribution in [3.05, 3.63) is 24.3 Å². The summed E-state index contributed by atoms with van der Waals surface area (Å²) in [7, 11) is 0. The van der Waals surface area contributed by atoms with E-state index in [2.05, 4.69) is 19.1 Å². The lowest BCUT2D eigenvalue weighted by atomic mass is 10.1. The Morgan fingerprint density at radius 1 is 1.18 bits per heavy atom. The Kier molecular flexibility index (Phi) is 7.27. The summed E-state index contributed by atoms with van der Waals surface area (Å²) in [4.78, 5) is 0. The van der Waals surface area contributed by atoms with Crippen LogP contribution in [0.1, 0.15) is 58.8 Å². The maximum Gasteiger partial charge on any atom is 0.0695 e. The first-order chi connectivity index (χ1) is 8.24. The Hall–Kier alpha value is -0.560. The normalized spacial score (nSPS) is 25.8. The Labute approximate surface area is 107 Å². The standard InChI is InChI=1S/C16H28O/c1-3-4-7-11-15-13-16(15)12-9-6-5-8-10-14(2)17/h5-6,8,10,14-17H,3-4,7,9,11-13H2,1-2H3/b6-5-,10-8+/t14-,15+,16-/m0/s1. The molecular formula is C16H28O. The van der Waals surface area contributed by atoms with Crippen LogP contribution in [0.15, 0.2) is 24.3 Å². The summed E-state index contributed by atoms with van der Waals surface area (Å²) in [5.41, 5.74) is 0. The molecule has 1 fully saturated rings. The van der Waals surface area contributed by atoms with E-state index in [1.165, 1.54) is 44.9 Å². The maximum atomic E-state index is 9.02. The maximum absolute atomic E-state index is 9.02. The molecule has 0 bridgehead atoms. The molecule has 17 heavy (non-hydrogen) atoms. The fraction of sp³-hybridized carbons (Fsp3) is 0.750. The zero-order chi connectivity index (χ0) is 12.5. The van der Waals surface area contributed by atoms with Crippen LogP contribution >= 0.6 is 0 Å². The van der Waals surface area contributed by atoms with Gasteiger partial charge in [-0.15, -0.1) is 0 Å². The van der Waals surface area contributed by atoms with Crippen molar-refractivity contribution in [2.45, 2.75) is 64.9 Å². The van der Waals surface area contributed by atoms with Gasteiger partial charge < -0.3 is 5.11 Å². The molecule has 0 spiro atoms. The molecule has 3 atom stereocenters. The Morgan fingerprint density at radius 3 is 2.65 bits per heavy atom. The van der Waals surface area contributed by atoms with Crippen LogP contribution in [0, 0.1) is 11.8 Å². The molecule has 1 aliphatic rings. The zero-order valence-electron chi connectivity index (χ0n) is 11.4. The molecule has 0 aromatic rings. The van der Waals surface area contributed by atoms with Crippen molar-refractivity contribution in [3.63, 3.8) is 0 Å².